The number of amides is 4. The summed E-state index contributed by atoms with van der Waals surface area (Å²) in [6.45, 7) is 3.52. The van der Waals surface area contributed by atoms with Gasteiger partial charge in [0.05, 0.1) is 13.2 Å². The molecule has 2 aliphatic rings. The summed E-state index contributed by atoms with van der Waals surface area (Å²) in [6.07, 6.45) is 2.60. The molecule has 36 heavy (non-hydrogen) atoms. The number of carbonyl (C=O) groups excluding carboxylic acids is 3. The van der Waals surface area contributed by atoms with E-state index in [0.717, 1.165) is 11.1 Å². The predicted molar refractivity (Wildman–Crippen MR) is 134 cm³/mol. The Kier molecular flexibility index (Phi) is 8.04. The largest absolute Gasteiger partial charge is 0.383 e. The molecule has 2 heterocycles. The first-order chi connectivity index (χ1) is 17.3. The minimum atomic E-state index is -1.13. The fraction of sp³-hybridized carbons (Fsp3) is 0.464. The Balaban J connectivity index is 1.45. The number of rotatable bonds is 9. The molecular formula is C28H34FN3O4. The summed E-state index contributed by atoms with van der Waals surface area (Å²) in [5.74, 6) is -0.676. The molecule has 2 aromatic rings. The summed E-state index contributed by atoms with van der Waals surface area (Å²) in [5.41, 5.74) is 1.98. The molecule has 0 radical (unpaired) electrons. The van der Waals surface area contributed by atoms with Crippen LogP contribution in [0.15, 0.2) is 48.5 Å². The number of urea groups is 1. The summed E-state index contributed by atoms with van der Waals surface area (Å²) in [7, 11) is 1.52. The number of nitrogens with one attached hydrogen (secondary N) is 1. The van der Waals surface area contributed by atoms with Gasteiger partial charge in [-0.05, 0) is 55.4 Å². The Morgan fingerprint density at radius 3 is 2.33 bits per heavy atom. The highest BCUT2D eigenvalue weighted by Crippen LogP contribution is 2.36. The van der Waals surface area contributed by atoms with Crippen molar-refractivity contribution in [3.63, 3.8) is 0 Å². The molecule has 4 rings (SSSR count). The Morgan fingerprint density at radius 2 is 1.69 bits per heavy atom. The molecule has 2 aromatic carbocycles. The summed E-state index contributed by atoms with van der Waals surface area (Å²) < 4.78 is 18.6. The quantitative estimate of drug-likeness (QED) is 0.541. The highest BCUT2D eigenvalue weighted by Gasteiger charge is 2.55. The highest BCUT2D eigenvalue weighted by molar-refractivity contribution is 6.07. The van der Waals surface area contributed by atoms with Gasteiger partial charge in [-0.15, -0.1) is 0 Å². The average molecular weight is 496 g/mol. The van der Waals surface area contributed by atoms with Crippen LogP contribution in [0, 0.1) is 18.7 Å². The second-order valence-electron chi connectivity index (χ2n) is 9.79. The number of benzene rings is 2. The zero-order valence-corrected chi connectivity index (χ0v) is 21.0. The molecule has 0 spiro atoms. The molecule has 1 atom stereocenters. The average Bonchev–Trinajstić information content (AvgIpc) is 3.13. The number of aryl methyl sites for hydroxylation is 2. The third-order valence-corrected chi connectivity index (χ3v) is 7.41. The van der Waals surface area contributed by atoms with Gasteiger partial charge in [-0.25, -0.2) is 9.18 Å². The van der Waals surface area contributed by atoms with Crippen LogP contribution >= 0.6 is 0 Å². The van der Waals surface area contributed by atoms with Gasteiger partial charge in [0.15, 0.2) is 0 Å². The maximum Gasteiger partial charge on any atom is 0.325 e. The zero-order chi connectivity index (χ0) is 25.7. The molecule has 7 nitrogen and oxygen atoms in total. The molecule has 8 heteroatoms. The van der Waals surface area contributed by atoms with Crippen molar-refractivity contribution in [1.82, 2.24) is 15.1 Å². The van der Waals surface area contributed by atoms with Gasteiger partial charge in [-0.1, -0.05) is 42.0 Å². The number of ether oxygens (including phenoxy) is 1. The van der Waals surface area contributed by atoms with Crippen molar-refractivity contribution in [2.75, 3.05) is 33.4 Å². The summed E-state index contributed by atoms with van der Waals surface area (Å²) in [4.78, 5) is 42.4. The first kappa shape index (κ1) is 25.8. The first-order valence-electron chi connectivity index (χ1n) is 12.5. The van der Waals surface area contributed by atoms with Crippen LogP contribution < -0.4 is 5.32 Å². The van der Waals surface area contributed by atoms with Gasteiger partial charge in [0, 0.05) is 33.0 Å². The fourth-order valence-corrected chi connectivity index (χ4v) is 5.28. The number of nitrogens with zero attached hydrogens (tertiary/aromatic N) is 2. The normalized spacial score (nSPS) is 20.6. The van der Waals surface area contributed by atoms with E-state index in [2.05, 4.69) is 29.6 Å². The summed E-state index contributed by atoms with van der Waals surface area (Å²) in [6, 6.07) is 13.8. The molecular weight excluding hydrogens is 461 g/mol. The SMILES string of the molecule is COCCN1C(=O)NC(Cc2ccc(F)cc2)(C2CCN(C(=O)CCc3ccc(C)cc3)CC2)C1=O. The summed E-state index contributed by atoms with van der Waals surface area (Å²) in [5, 5.41) is 2.99. The van der Waals surface area contributed by atoms with Gasteiger partial charge in [-0.2, -0.15) is 0 Å². The second kappa shape index (κ2) is 11.2. The van der Waals surface area contributed by atoms with E-state index in [-0.39, 0.29) is 43.1 Å². The summed E-state index contributed by atoms with van der Waals surface area (Å²) >= 11 is 0. The number of likely N-dealkylation sites (tertiary alicyclic amines) is 1. The van der Waals surface area contributed by atoms with Gasteiger partial charge in [0.1, 0.15) is 11.4 Å². The molecule has 1 N–H and O–H groups in total. The van der Waals surface area contributed by atoms with Crippen molar-refractivity contribution in [3.05, 3.63) is 71.0 Å². The van der Waals surface area contributed by atoms with E-state index in [1.165, 1.54) is 29.7 Å². The van der Waals surface area contributed by atoms with E-state index >= 15 is 0 Å². The second-order valence-corrected chi connectivity index (χ2v) is 9.79. The van der Waals surface area contributed by atoms with E-state index in [9.17, 15) is 18.8 Å². The van der Waals surface area contributed by atoms with Crippen LogP contribution in [-0.4, -0.2) is 66.5 Å². The van der Waals surface area contributed by atoms with Gasteiger partial charge >= 0.3 is 6.03 Å². The van der Waals surface area contributed by atoms with Crippen LogP contribution in [0.5, 0.6) is 0 Å². The van der Waals surface area contributed by atoms with Crippen molar-refractivity contribution >= 4 is 17.8 Å². The molecule has 192 valence electrons. The maximum atomic E-state index is 13.6. The van der Waals surface area contributed by atoms with E-state index in [0.29, 0.717) is 38.8 Å². The van der Waals surface area contributed by atoms with Crippen molar-refractivity contribution in [2.24, 2.45) is 5.92 Å². The molecule has 2 fully saturated rings. The topological polar surface area (TPSA) is 79.0 Å². The Bertz CT molecular complexity index is 1080. The van der Waals surface area contributed by atoms with Crippen LogP contribution in [-0.2, 0) is 27.2 Å². The lowest BCUT2D eigenvalue weighted by Gasteiger charge is -2.41. The van der Waals surface area contributed by atoms with Gasteiger partial charge in [-0.3, -0.25) is 14.5 Å². The van der Waals surface area contributed by atoms with E-state index < -0.39 is 11.6 Å². The lowest BCUT2D eigenvalue weighted by atomic mass is 9.74. The fourth-order valence-electron chi connectivity index (χ4n) is 5.28. The van der Waals surface area contributed by atoms with Gasteiger partial charge in [0.2, 0.25) is 5.91 Å². The van der Waals surface area contributed by atoms with Crippen LogP contribution in [0.1, 0.15) is 36.0 Å². The van der Waals surface area contributed by atoms with Crippen LogP contribution in [0.4, 0.5) is 9.18 Å². The Morgan fingerprint density at radius 1 is 1.06 bits per heavy atom. The minimum Gasteiger partial charge on any atom is -0.383 e. The first-order valence-corrected chi connectivity index (χ1v) is 12.5. The zero-order valence-electron chi connectivity index (χ0n) is 21.0. The van der Waals surface area contributed by atoms with Crippen molar-refractivity contribution in [2.45, 2.75) is 44.6 Å². The number of hydrogen-bond donors (Lipinski definition) is 1. The predicted octanol–water partition coefficient (Wildman–Crippen LogP) is 3.49. The molecule has 0 aromatic heterocycles. The van der Waals surface area contributed by atoms with E-state index in [1.54, 1.807) is 12.1 Å². The van der Waals surface area contributed by atoms with E-state index in [1.807, 2.05) is 11.8 Å². The van der Waals surface area contributed by atoms with Crippen molar-refractivity contribution in [3.8, 4) is 0 Å². The van der Waals surface area contributed by atoms with Crippen LogP contribution in [0.3, 0.4) is 0 Å². The smallest absolute Gasteiger partial charge is 0.325 e. The molecule has 4 amide bonds. The van der Waals surface area contributed by atoms with Crippen molar-refractivity contribution in [1.29, 1.82) is 0 Å². The molecule has 0 saturated carbocycles. The number of imide groups is 1. The van der Waals surface area contributed by atoms with Crippen molar-refractivity contribution < 1.29 is 23.5 Å². The highest BCUT2D eigenvalue weighted by atomic mass is 19.1. The lowest BCUT2D eigenvalue weighted by Crippen LogP contribution is -2.58. The Hall–Kier alpha value is -3.26. The van der Waals surface area contributed by atoms with Crippen LogP contribution in [0.2, 0.25) is 0 Å². The number of carbonyl (C=O) groups is 3. The maximum absolute atomic E-state index is 13.6. The van der Waals surface area contributed by atoms with Crippen LogP contribution in [0.25, 0.3) is 0 Å². The van der Waals surface area contributed by atoms with E-state index in [4.69, 9.17) is 4.74 Å². The molecule has 2 aliphatic heterocycles. The molecule has 2 saturated heterocycles. The molecule has 1 unspecified atom stereocenters. The molecule has 0 bridgehead atoms. The minimum absolute atomic E-state index is 0.102. The standard InChI is InChI=1S/C28H34FN3O4/c1-20-3-5-21(6-4-20)9-12-25(33)31-15-13-23(14-16-31)28(19-22-7-10-24(29)11-8-22)26(34)32(17-18-36-2)27(35)30-28/h3-8,10-11,23H,9,12-19H2,1-2H3,(H,30,35). The number of piperidine rings is 1. The Labute approximate surface area is 211 Å². The van der Waals surface area contributed by atoms with Gasteiger partial charge < -0.3 is 15.0 Å². The number of halogens is 1. The van der Waals surface area contributed by atoms with Gasteiger partial charge in [0.25, 0.3) is 5.91 Å². The third-order valence-electron chi connectivity index (χ3n) is 7.41. The third kappa shape index (κ3) is 5.59. The monoisotopic (exact) mass is 495 g/mol. The molecule has 0 aliphatic carbocycles. The number of methoxy groups -OCH3 is 1. The number of hydrogen-bond acceptors (Lipinski definition) is 4. The lowest BCUT2D eigenvalue weighted by molar-refractivity contribution is -0.136.